The molecule has 2 aliphatic rings. The number of amides is 3. The maximum atomic E-state index is 13.5. The van der Waals surface area contributed by atoms with Crippen molar-refractivity contribution in [2.75, 3.05) is 43.4 Å². The normalized spacial score (nSPS) is 17.8. The Morgan fingerprint density at radius 2 is 1.76 bits per heavy atom. The third-order valence-electron chi connectivity index (χ3n) is 6.92. The number of nitrogens with one attached hydrogen (secondary N) is 1. The summed E-state index contributed by atoms with van der Waals surface area (Å²) in [6.45, 7) is 3.00. The predicted octanol–water partition coefficient (Wildman–Crippen LogP) is 1.38. The zero-order valence-electron chi connectivity index (χ0n) is 20.7. The van der Waals surface area contributed by atoms with Gasteiger partial charge in [-0.2, -0.15) is 19.5 Å². The summed E-state index contributed by atoms with van der Waals surface area (Å²) >= 11 is 0. The van der Waals surface area contributed by atoms with Crippen molar-refractivity contribution >= 4 is 29.6 Å². The van der Waals surface area contributed by atoms with Gasteiger partial charge in [0.25, 0.3) is 5.78 Å². The van der Waals surface area contributed by atoms with Crippen LogP contribution in [0.4, 0.5) is 16.7 Å². The number of nitrogens with two attached hydrogens (primary N) is 1. The van der Waals surface area contributed by atoms with E-state index in [4.69, 9.17) is 10.2 Å². The molecule has 4 aromatic rings. The van der Waals surface area contributed by atoms with Gasteiger partial charge in [-0.25, -0.2) is 4.79 Å². The minimum absolute atomic E-state index is 0.00614. The van der Waals surface area contributed by atoms with E-state index in [-0.39, 0.29) is 23.7 Å². The van der Waals surface area contributed by atoms with Crippen LogP contribution in [-0.4, -0.2) is 85.1 Å². The first-order valence-electron chi connectivity index (χ1n) is 12.6. The van der Waals surface area contributed by atoms with Crippen LogP contribution in [0.5, 0.6) is 0 Å². The van der Waals surface area contributed by atoms with Crippen molar-refractivity contribution in [3.8, 4) is 11.6 Å². The number of rotatable bonds is 5. The van der Waals surface area contributed by atoms with Gasteiger partial charge in [0.1, 0.15) is 6.04 Å². The molecule has 0 bridgehead atoms. The number of benzene rings is 1. The number of hydrogen-bond donors (Lipinski definition) is 2. The third kappa shape index (κ3) is 4.58. The van der Waals surface area contributed by atoms with Gasteiger partial charge >= 0.3 is 6.03 Å². The van der Waals surface area contributed by atoms with Crippen LogP contribution in [-0.2, 0) is 11.3 Å². The molecule has 0 aliphatic carbocycles. The molecule has 2 aliphatic heterocycles. The van der Waals surface area contributed by atoms with Crippen molar-refractivity contribution < 1.29 is 14.0 Å². The maximum absolute atomic E-state index is 13.5. The fraction of sp³-hybridized carbons (Fsp3) is 0.360. The van der Waals surface area contributed by atoms with E-state index in [0.717, 1.165) is 12.0 Å². The second-order valence-electron chi connectivity index (χ2n) is 9.31. The van der Waals surface area contributed by atoms with Crippen LogP contribution in [0, 0.1) is 0 Å². The summed E-state index contributed by atoms with van der Waals surface area (Å²) < 4.78 is 6.73. The molecule has 2 saturated heterocycles. The van der Waals surface area contributed by atoms with Crippen LogP contribution in [0.3, 0.4) is 0 Å². The van der Waals surface area contributed by atoms with E-state index in [0.29, 0.717) is 63.2 Å². The first-order chi connectivity index (χ1) is 18.6. The summed E-state index contributed by atoms with van der Waals surface area (Å²) in [7, 11) is 0. The van der Waals surface area contributed by atoms with Crippen molar-refractivity contribution in [2.24, 2.45) is 0 Å². The molecule has 13 nitrogen and oxygen atoms in total. The summed E-state index contributed by atoms with van der Waals surface area (Å²) in [6, 6.07) is 12.8. The molecule has 6 rings (SSSR count). The molecule has 0 saturated carbocycles. The number of hydrogen-bond acceptors (Lipinski definition) is 9. The summed E-state index contributed by atoms with van der Waals surface area (Å²) in [5.41, 5.74) is 7.22. The van der Waals surface area contributed by atoms with E-state index in [2.05, 4.69) is 25.4 Å². The van der Waals surface area contributed by atoms with Gasteiger partial charge in [0, 0.05) is 39.3 Å². The Labute approximate surface area is 218 Å². The number of piperazine rings is 1. The summed E-state index contributed by atoms with van der Waals surface area (Å²) in [5, 5.41) is 7.29. The Hall–Kier alpha value is -4.68. The second kappa shape index (κ2) is 10.00. The molecular weight excluding hydrogens is 488 g/mol. The lowest BCUT2D eigenvalue weighted by Crippen LogP contribution is -2.56. The molecule has 3 N–H and O–H groups in total. The van der Waals surface area contributed by atoms with Crippen LogP contribution in [0.1, 0.15) is 18.4 Å². The molecule has 196 valence electrons. The monoisotopic (exact) mass is 516 g/mol. The Bertz CT molecular complexity index is 1430. The third-order valence-corrected chi connectivity index (χ3v) is 6.92. The molecule has 13 heteroatoms. The minimum Gasteiger partial charge on any atom is -0.461 e. The topological polar surface area (TPSA) is 151 Å². The van der Waals surface area contributed by atoms with Crippen molar-refractivity contribution in [3.05, 3.63) is 54.3 Å². The van der Waals surface area contributed by atoms with Gasteiger partial charge in [0.2, 0.25) is 23.6 Å². The highest BCUT2D eigenvalue weighted by Crippen LogP contribution is 2.26. The van der Waals surface area contributed by atoms with Gasteiger partial charge in [-0.1, -0.05) is 30.3 Å². The Morgan fingerprint density at radius 1 is 0.974 bits per heavy atom. The molecule has 0 radical (unpaired) electrons. The molecule has 0 spiro atoms. The van der Waals surface area contributed by atoms with Gasteiger partial charge < -0.3 is 30.2 Å². The van der Waals surface area contributed by atoms with E-state index in [9.17, 15) is 9.59 Å². The molecule has 0 unspecified atom stereocenters. The molecule has 38 heavy (non-hydrogen) atoms. The molecule has 1 aromatic carbocycles. The number of anilines is 2. The first kappa shape index (κ1) is 23.7. The van der Waals surface area contributed by atoms with E-state index >= 15 is 0 Å². The highest BCUT2D eigenvalue weighted by molar-refractivity contribution is 5.86. The standard InChI is InChI=1S/C25H28N10O3/c26-22-29-23(30-24-28-20(31-35(22)24)19-9-5-15-38-19)34-10-4-8-18(34)21(36)32-11-13-33(14-12-32)25(37)27-16-17-6-2-1-3-7-17/h1-3,5-7,9,15,18H,4,8,10-14,16H2,(H,27,37)(H2,26,28,29,30,31)/t18-/m0/s1. The maximum Gasteiger partial charge on any atom is 0.317 e. The Balaban J connectivity index is 1.10. The van der Waals surface area contributed by atoms with Gasteiger partial charge in [-0.15, -0.1) is 5.10 Å². The Morgan fingerprint density at radius 3 is 2.53 bits per heavy atom. The highest BCUT2D eigenvalue weighted by Gasteiger charge is 2.37. The second-order valence-corrected chi connectivity index (χ2v) is 9.31. The molecule has 5 heterocycles. The van der Waals surface area contributed by atoms with Crippen LogP contribution in [0.15, 0.2) is 53.1 Å². The van der Waals surface area contributed by atoms with Gasteiger partial charge in [0.15, 0.2) is 5.76 Å². The van der Waals surface area contributed by atoms with Gasteiger partial charge in [0.05, 0.1) is 6.26 Å². The van der Waals surface area contributed by atoms with Crippen LogP contribution < -0.4 is 16.0 Å². The Kier molecular flexibility index (Phi) is 6.23. The van der Waals surface area contributed by atoms with E-state index in [1.165, 1.54) is 4.52 Å². The molecule has 2 fully saturated rings. The number of furan rings is 1. The smallest absolute Gasteiger partial charge is 0.317 e. The molecule has 3 amide bonds. The van der Waals surface area contributed by atoms with E-state index < -0.39 is 6.04 Å². The van der Waals surface area contributed by atoms with E-state index in [1.54, 1.807) is 23.3 Å². The summed E-state index contributed by atoms with van der Waals surface area (Å²) in [5.74, 6) is 1.62. The molecule has 3 aromatic heterocycles. The molecular formula is C25H28N10O3. The quantitative estimate of drug-likeness (QED) is 0.401. The number of carbonyl (C=O) groups excluding carboxylic acids is 2. The summed E-state index contributed by atoms with van der Waals surface area (Å²) in [4.78, 5) is 45.0. The number of fused-ring (bicyclic) bond motifs is 1. The first-order valence-corrected chi connectivity index (χ1v) is 12.6. The van der Waals surface area contributed by atoms with Crippen molar-refractivity contribution in [3.63, 3.8) is 0 Å². The molecule has 1 atom stereocenters. The van der Waals surface area contributed by atoms with Crippen molar-refractivity contribution in [1.82, 2.24) is 39.7 Å². The number of urea groups is 1. The minimum atomic E-state index is -0.400. The zero-order chi connectivity index (χ0) is 26.1. The fourth-order valence-corrected chi connectivity index (χ4v) is 4.92. The fourth-order valence-electron chi connectivity index (χ4n) is 4.92. The SMILES string of the molecule is Nc1nc(N2CCC[C@H]2C(=O)N2CCN(C(=O)NCc3ccccc3)CC2)nc2nc(-c3ccco3)nn12. The zero-order valence-corrected chi connectivity index (χ0v) is 20.7. The highest BCUT2D eigenvalue weighted by atomic mass is 16.3. The van der Waals surface area contributed by atoms with Gasteiger partial charge in [-0.3, -0.25) is 4.79 Å². The lowest BCUT2D eigenvalue weighted by Gasteiger charge is -2.37. The predicted molar refractivity (Wildman–Crippen MR) is 138 cm³/mol. The average molecular weight is 517 g/mol. The number of nitrogen functional groups attached to an aromatic ring is 1. The number of aromatic nitrogens is 5. The number of carbonyl (C=O) groups is 2. The van der Waals surface area contributed by atoms with Crippen molar-refractivity contribution in [2.45, 2.75) is 25.4 Å². The van der Waals surface area contributed by atoms with E-state index in [1.807, 2.05) is 40.1 Å². The lowest BCUT2D eigenvalue weighted by molar-refractivity contribution is -0.133. The van der Waals surface area contributed by atoms with Crippen LogP contribution in [0.25, 0.3) is 17.4 Å². The number of nitrogens with zero attached hydrogens (tertiary/aromatic N) is 8. The van der Waals surface area contributed by atoms with Crippen molar-refractivity contribution in [1.29, 1.82) is 0 Å². The average Bonchev–Trinajstić information content (AvgIpc) is 3.72. The largest absolute Gasteiger partial charge is 0.461 e. The van der Waals surface area contributed by atoms with Crippen LogP contribution >= 0.6 is 0 Å². The van der Waals surface area contributed by atoms with Gasteiger partial charge in [-0.05, 0) is 30.5 Å². The lowest BCUT2D eigenvalue weighted by atomic mass is 10.1. The van der Waals surface area contributed by atoms with Crippen LogP contribution in [0.2, 0.25) is 0 Å². The summed E-state index contributed by atoms with van der Waals surface area (Å²) in [6.07, 6.45) is 3.06.